The van der Waals surface area contributed by atoms with Gasteiger partial charge in [-0.25, -0.2) is 9.59 Å². The summed E-state index contributed by atoms with van der Waals surface area (Å²) in [5, 5.41) is 14.7. The van der Waals surface area contributed by atoms with E-state index in [0.29, 0.717) is 5.92 Å². The minimum absolute atomic E-state index is 0.0789. The fraction of sp³-hybridized carbons (Fsp3) is 0.857. The SMILES string of the molecule is CC[C@H](C)[C@H](NC(=O)NC1CN2CCC1CC2)C(=O)O. The molecule has 6 nitrogen and oxygen atoms in total. The molecule has 0 saturated carbocycles. The van der Waals surface area contributed by atoms with Gasteiger partial charge in [0.25, 0.3) is 0 Å². The molecule has 2 bridgehead atoms. The van der Waals surface area contributed by atoms with Crippen LogP contribution in [0, 0.1) is 11.8 Å². The van der Waals surface area contributed by atoms with Crippen LogP contribution in [-0.2, 0) is 4.79 Å². The van der Waals surface area contributed by atoms with E-state index in [1.165, 1.54) is 0 Å². The largest absolute Gasteiger partial charge is 0.480 e. The van der Waals surface area contributed by atoms with Crippen molar-refractivity contribution in [3.05, 3.63) is 0 Å². The van der Waals surface area contributed by atoms with Gasteiger partial charge in [0, 0.05) is 12.6 Å². The quantitative estimate of drug-likeness (QED) is 0.699. The Morgan fingerprint density at radius 1 is 1.35 bits per heavy atom. The molecule has 6 heteroatoms. The van der Waals surface area contributed by atoms with E-state index in [0.717, 1.165) is 38.9 Å². The Kier molecular flexibility index (Phi) is 4.86. The van der Waals surface area contributed by atoms with Crippen molar-refractivity contribution in [2.24, 2.45) is 11.8 Å². The van der Waals surface area contributed by atoms with Crippen molar-refractivity contribution in [1.82, 2.24) is 15.5 Å². The maximum absolute atomic E-state index is 12.0. The van der Waals surface area contributed by atoms with Gasteiger partial charge in [-0.05, 0) is 37.8 Å². The summed E-state index contributed by atoms with van der Waals surface area (Å²) in [6.07, 6.45) is 2.97. The summed E-state index contributed by atoms with van der Waals surface area (Å²) in [6, 6.07) is -1.01. The van der Waals surface area contributed by atoms with Crippen LogP contribution in [-0.4, -0.2) is 53.7 Å². The molecule has 3 rings (SSSR count). The monoisotopic (exact) mass is 283 g/mol. The van der Waals surface area contributed by atoms with E-state index in [9.17, 15) is 14.7 Å². The fourth-order valence-corrected chi connectivity index (χ4v) is 3.16. The second-order valence-corrected chi connectivity index (χ2v) is 6.06. The lowest BCUT2D eigenvalue weighted by Crippen LogP contribution is -2.60. The minimum atomic E-state index is -0.969. The average molecular weight is 283 g/mol. The van der Waals surface area contributed by atoms with E-state index in [2.05, 4.69) is 15.5 Å². The summed E-state index contributed by atoms with van der Waals surface area (Å²) in [4.78, 5) is 25.6. The van der Waals surface area contributed by atoms with E-state index < -0.39 is 12.0 Å². The Labute approximate surface area is 119 Å². The average Bonchev–Trinajstić information content (AvgIpc) is 2.45. The number of nitrogens with zero attached hydrogens (tertiary/aromatic N) is 1. The fourth-order valence-electron chi connectivity index (χ4n) is 3.16. The molecule has 3 saturated heterocycles. The smallest absolute Gasteiger partial charge is 0.326 e. The zero-order valence-corrected chi connectivity index (χ0v) is 12.3. The third kappa shape index (κ3) is 3.42. The molecule has 0 radical (unpaired) electrons. The predicted octanol–water partition coefficient (Wildman–Crippen LogP) is 0.879. The van der Waals surface area contributed by atoms with Gasteiger partial charge >= 0.3 is 12.0 Å². The molecule has 3 heterocycles. The number of hydrogen-bond acceptors (Lipinski definition) is 3. The topological polar surface area (TPSA) is 81.7 Å². The third-order valence-electron chi connectivity index (χ3n) is 4.74. The maximum Gasteiger partial charge on any atom is 0.326 e. The first-order chi connectivity index (χ1) is 9.51. The molecule has 0 aromatic rings. The van der Waals surface area contributed by atoms with Crippen LogP contribution in [0.25, 0.3) is 0 Å². The van der Waals surface area contributed by atoms with Gasteiger partial charge in [0.2, 0.25) is 0 Å². The number of carboxylic acid groups (broad SMARTS) is 1. The van der Waals surface area contributed by atoms with Crippen LogP contribution in [0.5, 0.6) is 0 Å². The van der Waals surface area contributed by atoms with E-state index >= 15 is 0 Å². The molecule has 1 unspecified atom stereocenters. The lowest BCUT2D eigenvalue weighted by molar-refractivity contribution is -0.140. The standard InChI is InChI=1S/C14H25N3O3/c1-3-9(2)12(13(18)19)16-14(20)15-11-8-17-6-4-10(11)5-7-17/h9-12H,3-8H2,1-2H3,(H,18,19)(H2,15,16,20)/t9-,11?,12-/m0/s1. The van der Waals surface area contributed by atoms with Gasteiger partial charge in [0.1, 0.15) is 6.04 Å². The Morgan fingerprint density at radius 2 is 2.00 bits per heavy atom. The molecule has 0 aliphatic carbocycles. The molecule has 3 N–H and O–H groups in total. The maximum atomic E-state index is 12.0. The number of piperidine rings is 3. The number of urea groups is 1. The van der Waals surface area contributed by atoms with Gasteiger partial charge in [-0.3, -0.25) is 0 Å². The van der Waals surface area contributed by atoms with E-state index in [1.54, 1.807) is 0 Å². The van der Waals surface area contributed by atoms with Crippen LogP contribution in [0.2, 0.25) is 0 Å². The second kappa shape index (κ2) is 6.43. The number of carbonyl (C=O) groups excluding carboxylic acids is 1. The van der Waals surface area contributed by atoms with Crippen molar-refractivity contribution < 1.29 is 14.7 Å². The number of nitrogens with one attached hydrogen (secondary N) is 2. The molecular weight excluding hydrogens is 258 g/mol. The van der Waals surface area contributed by atoms with Gasteiger partial charge in [0.05, 0.1) is 0 Å². The van der Waals surface area contributed by atoms with Gasteiger partial charge in [-0.15, -0.1) is 0 Å². The molecule has 0 aromatic heterocycles. The number of carboxylic acids is 1. The van der Waals surface area contributed by atoms with Crippen molar-refractivity contribution in [3.8, 4) is 0 Å². The van der Waals surface area contributed by atoms with Crippen LogP contribution >= 0.6 is 0 Å². The van der Waals surface area contributed by atoms with Gasteiger partial charge in [-0.2, -0.15) is 0 Å². The van der Waals surface area contributed by atoms with Gasteiger partial charge < -0.3 is 20.6 Å². The Balaban J connectivity index is 1.86. The van der Waals surface area contributed by atoms with Crippen molar-refractivity contribution >= 4 is 12.0 Å². The summed E-state index contributed by atoms with van der Waals surface area (Å²) in [6.45, 7) is 6.89. The highest BCUT2D eigenvalue weighted by atomic mass is 16.4. The molecular formula is C14H25N3O3. The first-order valence-electron chi connectivity index (χ1n) is 7.53. The zero-order chi connectivity index (χ0) is 14.7. The molecule has 3 aliphatic heterocycles. The number of rotatable bonds is 5. The lowest BCUT2D eigenvalue weighted by atomic mass is 9.84. The minimum Gasteiger partial charge on any atom is -0.480 e. The van der Waals surface area contributed by atoms with Gasteiger partial charge in [0.15, 0.2) is 0 Å². The van der Waals surface area contributed by atoms with Crippen molar-refractivity contribution in [1.29, 1.82) is 0 Å². The third-order valence-corrected chi connectivity index (χ3v) is 4.74. The van der Waals surface area contributed by atoms with Crippen LogP contribution < -0.4 is 10.6 Å². The van der Waals surface area contributed by atoms with Crippen LogP contribution in [0.3, 0.4) is 0 Å². The Hall–Kier alpha value is -1.30. The normalized spacial score (nSPS) is 31.4. The summed E-state index contributed by atoms with van der Waals surface area (Å²) < 4.78 is 0. The molecule has 3 fully saturated rings. The van der Waals surface area contributed by atoms with E-state index in [4.69, 9.17) is 0 Å². The van der Waals surface area contributed by atoms with Gasteiger partial charge in [-0.1, -0.05) is 20.3 Å². The highest BCUT2D eigenvalue weighted by molar-refractivity contribution is 5.82. The van der Waals surface area contributed by atoms with Crippen molar-refractivity contribution in [2.75, 3.05) is 19.6 Å². The molecule has 2 amide bonds. The molecule has 0 spiro atoms. The van der Waals surface area contributed by atoms with Crippen LogP contribution in [0.15, 0.2) is 0 Å². The van der Waals surface area contributed by atoms with Crippen LogP contribution in [0.1, 0.15) is 33.1 Å². The zero-order valence-electron chi connectivity index (χ0n) is 12.3. The van der Waals surface area contributed by atoms with E-state index in [1.807, 2.05) is 13.8 Å². The molecule has 114 valence electrons. The number of amides is 2. The number of hydrogen-bond donors (Lipinski definition) is 3. The second-order valence-electron chi connectivity index (χ2n) is 6.06. The van der Waals surface area contributed by atoms with Crippen LogP contribution in [0.4, 0.5) is 4.79 Å². The molecule has 20 heavy (non-hydrogen) atoms. The van der Waals surface area contributed by atoms with Crippen molar-refractivity contribution in [3.63, 3.8) is 0 Å². The number of aliphatic carboxylic acids is 1. The highest BCUT2D eigenvalue weighted by Crippen LogP contribution is 2.27. The Morgan fingerprint density at radius 3 is 2.45 bits per heavy atom. The summed E-state index contributed by atoms with van der Waals surface area (Å²) in [7, 11) is 0. The lowest BCUT2D eigenvalue weighted by Gasteiger charge is -2.45. The summed E-state index contributed by atoms with van der Waals surface area (Å²) in [5.74, 6) is -0.508. The van der Waals surface area contributed by atoms with E-state index in [-0.39, 0.29) is 18.0 Å². The molecule has 3 atom stereocenters. The first-order valence-corrected chi connectivity index (χ1v) is 7.53. The first kappa shape index (κ1) is 15.1. The predicted molar refractivity (Wildman–Crippen MR) is 75.5 cm³/mol. The summed E-state index contributed by atoms with van der Waals surface area (Å²) >= 11 is 0. The number of carbonyl (C=O) groups is 2. The number of fused-ring (bicyclic) bond motifs is 3. The molecule has 0 aromatic carbocycles. The molecule has 3 aliphatic rings. The summed E-state index contributed by atoms with van der Waals surface area (Å²) in [5.41, 5.74) is 0. The van der Waals surface area contributed by atoms with Crippen molar-refractivity contribution in [2.45, 2.75) is 45.2 Å². The highest BCUT2D eigenvalue weighted by Gasteiger charge is 2.35. The Bertz CT molecular complexity index is 367.